The van der Waals surface area contributed by atoms with Gasteiger partial charge in [-0.2, -0.15) is 0 Å². The van der Waals surface area contributed by atoms with Gasteiger partial charge in [-0.15, -0.1) is 24.0 Å². The lowest BCUT2D eigenvalue weighted by Crippen LogP contribution is -2.47. The maximum absolute atomic E-state index is 11.6. The van der Waals surface area contributed by atoms with Crippen molar-refractivity contribution in [2.45, 2.75) is 19.8 Å². The van der Waals surface area contributed by atoms with Crippen LogP contribution in [0.15, 0.2) is 4.99 Å². The van der Waals surface area contributed by atoms with Gasteiger partial charge in [0.25, 0.3) is 0 Å². The number of rotatable bonds is 5. The maximum atomic E-state index is 11.6. The first-order valence-corrected chi connectivity index (χ1v) is 10.8. The van der Waals surface area contributed by atoms with Gasteiger partial charge in [-0.25, -0.2) is 8.42 Å². The Kier molecular flexibility index (Phi) is 10.2. The monoisotopic (exact) mass is 502 g/mol. The first kappa shape index (κ1) is 23.4. The zero-order chi connectivity index (χ0) is 18.3. The highest BCUT2D eigenvalue weighted by Gasteiger charge is 2.27. The van der Waals surface area contributed by atoms with E-state index in [-0.39, 0.29) is 47.4 Å². The summed E-state index contributed by atoms with van der Waals surface area (Å²) in [5.41, 5.74) is 0. The van der Waals surface area contributed by atoms with Gasteiger partial charge in [0.2, 0.25) is 0 Å². The Labute approximate surface area is 173 Å². The maximum Gasteiger partial charge on any atom is 0.308 e. The number of carbonyl (C=O) groups is 1. The van der Waals surface area contributed by atoms with Crippen molar-refractivity contribution in [2.24, 2.45) is 10.9 Å². The summed E-state index contributed by atoms with van der Waals surface area (Å²) in [4.78, 5) is 20.6. The molecule has 152 valence electrons. The number of esters is 1. The second-order valence-corrected chi connectivity index (χ2v) is 8.82. The van der Waals surface area contributed by atoms with E-state index in [9.17, 15) is 13.2 Å². The molecule has 0 aliphatic carbocycles. The summed E-state index contributed by atoms with van der Waals surface area (Å²) >= 11 is 0. The Hall–Kier alpha value is -0.620. The number of sulfone groups is 1. The fourth-order valence-corrected chi connectivity index (χ4v) is 4.47. The molecule has 2 aliphatic heterocycles. The molecule has 2 heterocycles. The third kappa shape index (κ3) is 7.18. The van der Waals surface area contributed by atoms with Gasteiger partial charge >= 0.3 is 5.97 Å². The minimum Gasteiger partial charge on any atom is -0.469 e. The van der Waals surface area contributed by atoms with Crippen LogP contribution in [0.2, 0.25) is 0 Å². The number of nitrogens with zero attached hydrogens (tertiary/aromatic N) is 3. The van der Waals surface area contributed by atoms with Crippen molar-refractivity contribution in [3.63, 3.8) is 0 Å². The number of carbonyl (C=O) groups excluding carboxylic acids is 1. The fraction of sp³-hybridized carbons (Fsp3) is 0.875. The Morgan fingerprint density at radius 1 is 1.19 bits per heavy atom. The predicted molar refractivity (Wildman–Crippen MR) is 113 cm³/mol. The number of likely N-dealkylation sites (tertiary alicyclic amines) is 1. The van der Waals surface area contributed by atoms with Crippen molar-refractivity contribution in [1.29, 1.82) is 0 Å². The van der Waals surface area contributed by atoms with Gasteiger partial charge in [-0.05, 0) is 19.8 Å². The number of halogens is 1. The highest BCUT2D eigenvalue weighted by atomic mass is 127. The van der Waals surface area contributed by atoms with Crippen LogP contribution in [0, 0.1) is 5.92 Å². The largest absolute Gasteiger partial charge is 0.469 e. The first-order chi connectivity index (χ1) is 11.9. The lowest BCUT2D eigenvalue weighted by molar-refractivity contribution is -0.146. The highest BCUT2D eigenvalue weighted by Crippen LogP contribution is 2.18. The number of nitrogens with one attached hydrogen (secondary N) is 1. The zero-order valence-corrected chi connectivity index (χ0v) is 18.8. The molecule has 0 atom stereocenters. The third-order valence-electron chi connectivity index (χ3n) is 4.78. The van der Waals surface area contributed by atoms with Crippen molar-refractivity contribution in [3.05, 3.63) is 0 Å². The predicted octanol–water partition coefficient (Wildman–Crippen LogP) is 0.185. The average Bonchev–Trinajstić information content (AvgIpc) is 2.62. The molecule has 0 radical (unpaired) electrons. The van der Waals surface area contributed by atoms with E-state index in [1.165, 1.54) is 7.11 Å². The quantitative estimate of drug-likeness (QED) is 0.248. The van der Waals surface area contributed by atoms with E-state index in [0.717, 1.165) is 45.0 Å². The molecule has 0 aromatic heterocycles. The number of guanidine groups is 1. The molecule has 8 nitrogen and oxygen atoms in total. The van der Waals surface area contributed by atoms with E-state index in [1.54, 1.807) is 0 Å². The number of methoxy groups -OCH3 is 1. The van der Waals surface area contributed by atoms with Crippen LogP contribution in [0.25, 0.3) is 0 Å². The second-order valence-electron chi connectivity index (χ2n) is 6.51. The summed E-state index contributed by atoms with van der Waals surface area (Å²) in [7, 11) is -1.40. The van der Waals surface area contributed by atoms with Gasteiger partial charge in [0.15, 0.2) is 15.8 Å². The Balaban J connectivity index is 0.00000338. The molecule has 0 bridgehead atoms. The number of hydrogen-bond acceptors (Lipinski definition) is 6. The molecule has 0 amide bonds. The van der Waals surface area contributed by atoms with Crippen LogP contribution in [0.1, 0.15) is 19.8 Å². The van der Waals surface area contributed by atoms with E-state index >= 15 is 0 Å². The van der Waals surface area contributed by atoms with Crippen LogP contribution in [0.3, 0.4) is 0 Å². The van der Waals surface area contributed by atoms with E-state index in [2.05, 4.69) is 20.1 Å². The molecule has 10 heteroatoms. The van der Waals surface area contributed by atoms with Gasteiger partial charge in [0, 0.05) is 39.3 Å². The van der Waals surface area contributed by atoms with Gasteiger partial charge in [0.05, 0.1) is 31.1 Å². The van der Waals surface area contributed by atoms with E-state index in [0.29, 0.717) is 19.6 Å². The number of piperidine rings is 1. The molecule has 2 fully saturated rings. The van der Waals surface area contributed by atoms with Gasteiger partial charge < -0.3 is 15.0 Å². The second kappa shape index (κ2) is 11.3. The summed E-state index contributed by atoms with van der Waals surface area (Å²) in [6, 6.07) is 0. The Bertz CT molecular complexity index is 563. The smallest absolute Gasteiger partial charge is 0.308 e. The summed E-state index contributed by atoms with van der Waals surface area (Å²) in [6.07, 6.45) is 1.56. The van der Waals surface area contributed by atoms with E-state index < -0.39 is 9.84 Å². The van der Waals surface area contributed by atoms with Crippen LogP contribution in [-0.2, 0) is 19.4 Å². The summed E-state index contributed by atoms with van der Waals surface area (Å²) in [5.74, 6) is 1.23. The summed E-state index contributed by atoms with van der Waals surface area (Å²) in [5, 5.41) is 3.31. The molecule has 2 saturated heterocycles. The topological polar surface area (TPSA) is 91.3 Å². The summed E-state index contributed by atoms with van der Waals surface area (Å²) in [6.45, 7) is 6.99. The van der Waals surface area contributed by atoms with Crippen LogP contribution >= 0.6 is 24.0 Å². The molecule has 0 unspecified atom stereocenters. The molecule has 0 aromatic rings. The third-order valence-corrected chi connectivity index (χ3v) is 6.39. The molecule has 0 spiro atoms. The van der Waals surface area contributed by atoms with Crippen molar-refractivity contribution in [1.82, 2.24) is 15.1 Å². The van der Waals surface area contributed by atoms with E-state index in [4.69, 9.17) is 4.74 Å². The minimum absolute atomic E-state index is 0. The first-order valence-electron chi connectivity index (χ1n) is 8.99. The van der Waals surface area contributed by atoms with Crippen molar-refractivity contribution < 1.29 is 17.9 Å². The standard InChI is InChI=1S/C16H30N4O4S.HI/c1-3-17-16(20-7-4-14(5-8-20)15(21)24-2)18-6-9-19-10-12-25(22,23)13-11-19;/h14H,3-13H2,1-2H3,(H,17,18);1H. The lowest BCUT2D eigenvalue weighted by atomic mass is 9.97. The van der Waals surface area contributed by atoms with Crippen molar-refractivity contribution >= 4 is 45.7 Å². The molecule has 26 heavy (non-hydrogen) atoms. The number of ether oxygens (including phenoxy) is 1. The van der Waals surface area contributed by atoms with Crippen LogP contribution in [-0.4, -0.2) is 94.6 Å². The van der Waals surface area contributed by atoms with Gasteiger partial charge in [-0.1, -0.05) is 0 Å². The SMILES string of the molecule is CCNC(=NCCN1CCS(=O)(=O)CC1)N1CCC(C(=O)OC)CC1.I. The average molecular weight is 502 g/mol. The molecular formula is C16H31IN4O4S. The van der Waals surface area contributed by atoms with Crippen molar-refractivity contribution in [3.8, 4) is 0 Å². The van der Waals surface area contributed by atoms with Gasteiger partial charge in [0.1, 0.15) is 0 Å². The van der Waals surface area contributed by atoms with Crippen LogP contribution < -0.4 is 5.32 Å². The molecular weight excluding hydrogens is 471 g/mol. The molecule has 0 saturated carbocycles. The lowest BCUT2D eigenvalue weighted by Gasteiger charge is -2.33. The molecule has 2 aliphatic rings. The molecule has 2 rings (SSSR count). The number of aliphatic imine (C=N–C) groups is 1. The Morgan fingerprint density at radius 2 is 1.81 bits per heavy atom. The van der Waals surface area contributed by atoms with Gasteiger partial charge in [-0.3, -0.25) is 14.7 Å². The van der Waals surface area contributed by atoms with Crippen LogP contribution in [0.4, 0.5) is 0 Å². The van der Waals surface area contributed by atoms with E-state index in [1.807, 2.05) is 6.92 Å². The zero-order valence-electron chi connectivity index (χ0n) is 15.6. The fourth-order valence-electron chi connectivity index (χ4n) is 3.19. The normalized spacial score (nSPS) is 21.8. The Morgan fingerprint density at radius 3 is 2.35 bits per heavy atom. The highest BCUT2D eigenvalue weighted by molar-refractivity contribution is 14.0. The molecule has 1 N–H and O–H groups in total. The molecule has 0 aromatic carbocycles. The minimum atomic E-state index is -2.83. The van der Waals surface area contributed by atoms with Crippen LogP contribution in [0.5, 0.6) is 0 Å². The summed E-state index contributed by atoms with van der Waals surface area (Å²) < 4.78 is 27.8. The van der Waals surface area contributed by atoms with Crippen molar-refractivity contribution in [2.75, 3.05) is 64.4 Å². The number of hydrogen-bond donors (Lipinski definition) is 1.